The average Bonchev–Trinajstić information content (AvgIpc) is 2.72. The number of hydrogen-bond donors (Lipinski definition) is 3. The zero-order valence-electron chi connectivity index (χ0n) is 9.37. The van der Waals surface area contributed by atoms with E-state index in [1.165, 1.54) is 12.1 Å². The van der Waals surface area contributed by atoms with E-state index >= 15 is 0 Å². The number of nitrogens with one attached hydrogen (secondary N) is 1. The van der Waals surface area contributed by atoms with Gasteiger partial charge in [-0.15, -0.1) is 0 Å². The summed E-state index contributed by atoms with van der Waals surface area (Å²) in [5, 5.41) is 12.2. The number of nitrogens with two attached hydrogens (primary N) is 1. The van der Waals surface area contributed by atoms with Crippen LogP contribution in [0.5, 0.6) is 5.75 Å². The van der Waals surface area contributed by atoms with Crippen molar-refractivity contribution in [1.82, 2.24) is 0 Å². The van der Waals surface area contributed by atoms with E-state index in [1.54, 1.807) is 6.07 Å². The number of benzene rings is 1. The van der Waals surface area contributed by atoms with Crippen molar-refractivity contribution in [3.05, 3.63) is 23.2 Å². The van der Waals surface area contributed by atoms with Crippen LogP contribution in [0.4, 0.5) is 5.69 Å². The second-order valence-electron chi connectivity index (χ2n) is 4.48. The highest BCUT2D eigenvalue weighted by atomic mass is 35.5. The quantitative estimate of drug-likeness (QED) is 0.709. The van der Waals surface area contributed by atoms with Crippen molar-refractivity contribution in [2.24, 2.45) is 5.73 Å². The summed E-state index contributed by atoms with van der Waals surface area (Å²) in [4.78, 5) is 12.0. The fraction of sp³-hybridized carbons (Fsp3) is 0.417. The minimum absolute atomic E-state index is 0.00649. The average molecular weight is 255 g/mol. The molecular formula is C12H15ClN2O2. The Morgan fingerprint density at radius 2 is 2.06 bits per heavy atom. The topological polar surface area (TPSA) is 75.4 Å². The molecule has 0 aromatic heterocycles. The van der Waals surface area contributed by atoms with E-state index in [1.807, 2.05) is 0 Å². The number of halogens is 1. The van der Waals surface area contributed by atoms with Crippen LogP contribution in [0.3, 0.4) is 0 Å². The third-order valence-electron chi connectivity index (χ3n) is 3.15. The molecule has 4 N–H and O–H groups in total. The van der Waals surface area contributed by atoms with Gasteiger partial charge in [0.1, 0.15) is 5.75 Å². The van der Waals surface area contributed by atoms with E-state index < -0.39 is 5.54 Å². The maximum atomic E-state index is 12.0. The minimum atomic E-state index is -0.760. The fourth-order valence-corrected chi connectivity index (χ4v) is 2.25. The summed E-state index contributed by atoms with van der Waals surface area (Å²) in [6, 6.07) is 4.54. The molecule has 0 radical (unpaired) electrons. The smallest absolute Gasteiger partial charge is 0.244 e. The normalized spacial score (nSPS) is 18.0. The monoisotopic (exact) mass is 254 g/mol. The molecule has 1 fully saturated rings. The molecule has 5 heteroatoms. The van der Waals surface area contributed by atoms with Gasteiger partial charge in [0.2, 0.25) is 5.91 Å². The van der Waals surface area contributed by atoms with Gasteiger partial charge in [-0.25, -0.2) is 0 Å². The number of phenols is 1. The van der Waals surface area contributed by atoms with Crippen molar-refractivity contribution in [1.29, 1.82) is 0 Å². The highest BCUT2D eigenvalue weighted by Crippen LogP contribution is 2.30. The lowest BCUT2D eigenvalue weighted by Crippen LogP contribution is -2.48. The lowest BCUT2D eigenvalue weighted by atomic mass is 9.98. The Bertz CT molecular complexity index is 442. The van der Waals surface area contributed by atoms with Crippen LogP contribution in [0.1, 0.15) is 25.7 Å². The summed E-state index contributed by atoms with van der Waals surface area (Å²) < 4.78 is 0. The Kier molecular flexibility index (Phi) is 3.26. The maximum Gasteiger partial charge on any atom is 0.244 e. The van der Waals surface area contributed by atoms with E-state index in [-0.39, 0.29) is 16.7 Å². The molecule has 2 rings (SSSR count). The molecule has 0 atom stereocenters. The summed E-state index contributed by atoms with van der Waals surface area (Å²) in [7, 11) is 0. The predicted molar refractivity (Wildman–Crippen MR) is 67.1 cm³/mol. The molecule has 0 saturated heterocycles. The van der Waals surface area contributed by atoms with E-state index in [4.69, 9.17) is 17.3 Å². The van der Waals surface area contributed by atoms with Gasteiger partial charge < -0.3 is 16.2 Å². The Balaban J connectivity index is 2.10. The molecule has 17 heavy (non-hydrogen) atoms. The predicted octanol–water partition coefficient (Wildman–Crippen LogP) is 2.26. The van der Waals surface area contributed by atoms with Crippen LogP contribution < -0.4 is 11.1 Å². The maximum absolute atomic E-state index is 12.0. The van der Waals surface area contributed by atoms with Crippen molar-refractivity contribution in [2.45, 2.75) is 31.2 Å². The Labute approximate surface area is 105 Å². The SMILES string of the molecule is NC1(C(=O)Nc2ccc(O)c(Cl)c2)CCCC1. The molecule has 1 aromatic carbocycles. The Morgan fingerprint density at radius 1 is 1.41 bits per heavy atom. The van der Waals surface area contributed by atoms with Crippen LogP contribution >= 0.6 is 11.6 Å². The van der Waals surface area contributed by atoms with Crippen molar-refractivity contribution in [3.8, 4) is 5.75 Å². The van der Waals surface area contributed by atoms with Crippen LogP contribution in [0, 0.1) is 0 Å². The van der Waals surface area contributed by atoms with Gasteiger partial charge in [-0.1, -0.05) is 24.4 Å². The van der Waals surface area contributed by atoms with E-state index in [2.05, 4.69) is 5.32 Å². The van der Waals surface area contributed by atoms with Gasteiger partial charge >= 0.3 is 0 Å². The van der Waals surface area contributed by atoms with Gasteiger partial charge in [0.15, 0.2) is 0 Å². The Morgan fingerprint density at radius 3 is 2.65 bits per heavy atom. The highest BCUT2D eigenvalue weighted by Gasteiger charge is 2.36. The number of carbonyl (C=O) groups excluding carboxylic acids is 1. The van der Waals surface area contributed by atoms with Gasteiger partial charge in [0, 0.05) is 5.69 Å². The summed E-state index contributed by atoms with van der Waals surface area (Å²) in [6.07, 6.45) is 3.40. The van der Waals surface area contributed by atoms with Crippen molar-refractivity contribution in [2.75, 3.05) is 5.32 Å². The number of phenolic OH excluding ortho intramolecular Hbond substituents is 1. The summed E-state index contributed by atoms with van der Waals surface area (Å²) in [5.74, 6) is -0.190. The molecule has 92 valence electrons. The van der Waals surface area contributed by atoms with Gasteiger partial charge in [-0.05, 0) is 31.0 Å². The standard InChI is InChI=1S/C12H15ClN2O2/c13-9-7-8(3-4-10(9)16)15-11(17)12(14)5-1-2-6-12/h3-4,7,16H,1-2,5-6,14H2,(H,15,17). The van der Waals surface area contributed by atoms with Gasteiger partial charge in [-0.3, -0.25) is 4.79 Å². The van der Waals surface area contributed by atoms with E-state index in [0.717, 1.165) is 12.8 Å². The molecule has 0 spiro atoms. The number of carbonyl (C=O) groups is 1. The molecule has 1 amide bonds. The van der Waals surface area contributed by atoms with Crippen molar-refractivity contribution < 1.29 is 9.90 Å². The molecule has 0 unspecified atom stereocenters. The summed E-state index contributed by atoms with van der Waals surface area (Å²) >= 11 is 5.76. The molecule has 0 heterocycles. The van der Waals surface area contributed by atoms with E-state index in [9.17, 15) is 9.90 Å². The van der Waals surface area contributed by atoms with Crippen LogP contribution in [0.2, 0.25) is 5.02 Å². The van der Waals surface area contributed by atoms with Gasteiger partial charge in [0.25, 0.3) is 0 Å². The number of amides is 1. The number of anilines is 1. The zero-order valence-corrected chi connectivity index (χ0v) is 10.1. The highest BCUT2D eigenvalue weighted by molar-refractivity contribution is 6.32. The minimum Gasteiger partial charge on any atom is -0.506 e. The van der Waals surface area contributed by atoms with Crippen LogP contribution in [0.25, 0.3) is 0 Å². The lowest BCUT2D eigenvalue weighted by molar-refractivity contribution is -0.121. The number of aromatic hydroxyl groups is 1. The van der Waals surface area contributed by atoms with E-state index in [0.29, 0.717) is 18.5 Å². The first-order valence-corrected chi connectivity index (χ1v) is 5.98. The Hall–Kier alpha value is -1.26. The summed E-state index contributed by atoms with van der Waals surface area (Å²) in [6.45, 7) is 0. The largest absolute Gasteiger partial charge is 0.506 e. The second-order valence-corrected chi connectivity index (χ2v) is 4.89. The van der Waals surface area contributed by atoms with Crippen LogP contribution in [-0.2, 0) is 4.79 Å². The molecule has 0 aliphatic heterocycles. The fourth-order valence-electron chi connectivity index (χ4n) is 2.07. The lowest BCUT2D eigenvalue weighted by Gasteiger charge is -2.22. The number of rotatable bonds is 2. The number of hydrogen-bond acceptors (Lipinski definition) is 3. The molecule has 1 saturated carbocycles. The molecule has 0 bridgehead atoms. The molecule has 1 aliphatic carbocycles. The second kappa shape index (κ2) is 4.55. The zero-order chi connectivity index (χ0) is 12.5. The van der Waals surface area contributed by atoms with Gasteiger partial charge in [0.05, 0.1) is 10.6 Å². The molecule has 4 nitrogen and oxygen atoms in total. The molecule has 1 aliphatic rings. The first-order valence-electron chi connectivity index (χ1n) is 5.60. The first-order chi connectivity index (χ1) is 8.01. The van der Waals surface area contributed by atoms with Crippen LogP contribution in [-0.4, -0.2) is 16.6 Å². The molecule has 1 aromatic rings. The summed E-state index contributed by atoms with van der Waals surface area (Å²) in [5.41, 5.74) is 5.81. The van der Waals surface area contributed by atoms with Crippen molar-refractivity contribution >= 4 is 23.2 Å². The van der Waals surface area contributed by atoms with Crippen molar-refractivity contribution in [3.63, 3.8) is 0 Å². The third kappa shape index (κ3) is 2.53. The molecular weight excluding hydrogens is 240 g/mol. The van der Waals surface area contributed by atoms with Gasteiger partial charge in [-0.2, -0.15) is 0 Å². The first kappa shape index (κ1) is 12.2. The third-order valence-corrected chi connectivity index (χ3v) is 3.46. The van der Waals surface area contributed by atoms with Crippen LogP contribution in [0.15, 0.2) is 18.2 Å².